The van der Waals surface area contributed by atoms with Crippen LogP contribution in [0.1, 0.15) is 18.1 Å². The molecule has 0 aromatic heterocycles. The number of nitrogens with one attached hydrogen (secondary N) is 1. The lowest BCUT2D eigenvalue weighted by Gasteiger charge is -2.21. The molecule has 2 N–H and O–H groups in total. The second kappa shape index (κ2) is 5.19. The summed E-state index contributed by atoms with van der Waals surface area (Å²) in [4.78, 5) is 11.3. The first-order chi connectivity index (χ1) is 7.86. The zero-order chi connectivity index (χ0) is 13.1. The van der Waals surface area contributed by atoms with Crippen LogP contribution in [0.25, 0.3) is 0 Å². The molecular weight excluding hydrogens is 218 g/mol. The van der Waals surface area contributed by atoms with Gasteiger partial charge in [-0.3, -0.25) is 0 Å². The molecule has 0 bridgehead atoms. The number of carbonyl (C=O) groups is 1. The minimum atomic E-state index is -1.52. The lowest BCUT2D eigenvalue weighted by molar-refractivity contribution is -0.158. The first-order valence-electron chi connectivity index (χ1n) is 5.49. The van der Waals surface area contributed by atoms with Gasteiger partial charge in [0.2, 0.25) is 0 Å². The number of hydrogen-bond donors (Lipinski definition) is 2. The molecule has 1 unspecified atom stereocenters. The number of methoxy groups -OCH3 is 1. The van der Waals surface area contributed by atoms with Gasteiger partial charge >= 0.3 is 5.97 Å². The molecule has 0 aliphatic carbocycles. The van der Waals surface area contributed by atoms with Crippen molar-refractivity contribution in [2.45, 2.75) is 26.4 Å². The van der Waals surface area contributed by atoms with Crippen molar-refractivity contribution in [3.8, 4) is 0 Å². The maximum absolute atomic E-state index is 11.3. The lowest BCUT2D eigenvalue weighted by atomic mass is 10.1. The smallest absolute Gasteiger partial charge is 0.339 e. The third-order valence-electron chi connectivity index (χ3n) is 2.77. The van der Waals surface area contributed by atoms with E-state index in [0.717, 1.165) is 11.3 Å². The second-order valence-corrected chi connectivity index (χ2v) is 4.42. The third-order valence-corrected chi connectivity index (χ3v) is 2.77. The Morgan fingerprint density at radius 1 is 1.41 bits per heavy atom. The van der Waals surface area contributed by atoms with Crippen molar-refractivity contribution in [1.82, 2.24) is 0 Å². The SMILES string of the molecule is COC(=O)C(C)(O)CNc1ccc(C)c(C)c1. The molecule has 1 atom stereocenters. The van der Waals surface area contributed by atoms with E-state index in [2.05, 4.69) is 10.1 Å². The summed E-state index contributed by atoms with van der Waals surface area (Å²) in [5, 5.41) is 12.8. The molecule has 0 amide bonds. The number of esters is 1. The average molecular weight is 237 g/mol. The largest absolute Gasteiger partial charge is 0.467 e. The highest BCUT2D eigenvalue weighted by atomic mass is 16.5. The van der Waals surface area contributed by atoms with Crippen molar-refractivity contribution in [3.63, 3.8) is 0 Å². The number of carbonyl (C=O) groups excluding carboxylic acids is 1. The molecule has 1 rings (SSSR count). The second-order valence-electron chi connectivity index (χ2n) is 4.42. The van der Waals surface area contributed by atoms with Gasteiger partial charge in [0.25, 0.3) is 0 Å². The molecule has 0 spiro atoms. The number of anilines is 1. The standard InChI is InChI=1S/C13H19NO3/c1-9-5-6-11(7-10(9)2)14-8-13(3,16)12(15)17-4/h5-7,14,16H,8H2,1-4H3. The summed E-state index contributed by atoms with van der Waals surface area (Å²) < 4.78 is 4.52. The topological polar surface area (TPSA) is 58.6 Å². The molecule has 1 aromatic carbocycles. The van der Waals surface area contributed by atoms with Gasteiger partial charge in [-0.05, 0) is 44.0 Å². The van der Waals surface area contributed by atoms with Gasteiger partial charge in [-0.2, -0.15) is 0 Å². The summed E-state index contributed by atoms with van der Waals surface area (Å²) in [5.74, 6) is -0.645. The van der Waals surface area contributed by atoms with Gasteiger partial charge < -0.3 is 15.2 Å². The van der Waals surface area contributed by atoms with E-state index < -0.39 is 11.6 Å². The van der Waals surface area contributed by atoms with Gasteiger partial charge in [-0.15, -0.1) is 0 Å². The minimum absolute atomic E-state index is 0.113. The molecule has 0 saturated heterocycles. The Balaban J connectivity index is 2.67. The zero-order valence-electron chi connectivity index (χ0n) is 10.7. The molecule has 94 valence electrons. The first kappa shape index (κ1) is 13.5. The van der Waals surface area contributed by atoms with Gasteiger partial charge in [0.15, 0.2) is 5.60 Å². The molecule has 0 radical (unpaired) electrons. The van der Waals surface area contributed by atoms with Gasteiger partial charge in [-0.25, -0.2) is 4.79 Å². The van der Waals surface area contributed by atoms with E-state index >= 15 is 0 Å². The summed E-state index contributed by atoms with van der Waals surface area (Å²) in [6, 6.07) is 5.88. The Morgan fingerprint density at radius 2 is 2.06 bits per heavy atom. The van der Waals surface area contributed by atoms with Crippen LogP contribution in [-0.2, 0) is 9.53 Å². The van der Waals surface area contributed by atoms with Crippen molar-refractivity contribution < 1.29 is 14.6 Å². The quantitative estimate of drug-likeness (QED) is 0.782. The van der Waals surface area contributed by atoms with Crippen LogP contribution in [0, 0.1) is 13.8 Å². The number of hydrogen-bond acceptors (Lipinski definition) is 4. The fourth-order valence-electron chi connectivity index (χ4n) is 1.42. The zero-order valence-corrected chi connectivity index (χ0v) is 10.7. The highest BCUT2D eigenvalue weighted by Gasteiger charge is 2.31. The van der Waals surface area contributed by atoms with Crippen LogP contribution >= 0.6 is 0 Å². The Bertz CT molecular complexity index is 413. The van der Waals surface area contributed by atoms with Crippen molar-refractivity contribution in [3.05, 3.63) is 29.3 Å². The van der Waals surface area contributed by atoms with Gasteiger partial charge in [0.1, 0.15) is 0 Å². The maximum Gasteiger partial charge on any atom is 0.339 e. The molecule has 4 heteroatoms. The highest BCUT2D eigenvalue weighted by Crippen LogP contribution is 2.15. The van der Waals surface area contributed by atoms with Gasteiger partial charge in [0, 0.05) is 5.69 Å². The van der Waals surface area contributed by atoms with Crippen LogP contribution < -0.4 is 5.32 Å². The Kier molecular flexibility index (Phi) is 4.12. The van der Waals surface area contributed by atoms with E-state index in [1.165, 1.54) is 19.6 Å². The normalized spacial score (nSPS) is 13.9. The predicted molar refractivity (Wildman–Crippen MR) is 67.0 cm³/mol. The van der Waals surface area contributed by atoms with Crippen LogP contribution in [-0.4, -0.2) is 30.3 Å². The third kappa shape index (κ3) is 3.46. The summed E-state index contributed by atoms with van der Waals surface area (Å²) in [6.45, 7) is 5.58. The predicted octanol–water partition coefficient (Wildman–Crippen LogP) is 1.64. The van der Waals surface area contributed by atoms with E-state index in [-0.39, 0.29) is 6.54 Å². The van der Waals surface area contributed by atoms with Crippen molar-refractivity contribution in [2.75, 3.05) is 19.0 Å². The van der Waals surface area contributed by atoms with Crippen molar-refractivity contribution in [1.29, 1.82) is 0 Å². The van der Waals surface area contributed by atoms with Crippen LogP contribution in [0.15, 0.2) is 18.2 Å². The number of benzene rings is 1. The van der Waals surface area contributed by atoms with Crippen molar-refractivity contribution in [2.24, 2.45) is 0 Å². The van der Waals surface area contributed by atoms with E-state index in [0.29, 0.717) is 0 Å². The molecular formula is C13H19NO3. The average Bonchev–Trinajstić information content (AvgIpc) is 2.29. The number of ether oxygens (including phenoxy) is 1. The first-order valence-corrected chi connectivity index (χ1v) is 5.49. The Morgan fingerprint density at radius 3 is 2.59 bits per heavy atom. The molecule has 1 aromatic rings. The van der Waals surface area contributed by atoms with Gasteiger partial charge in [-0.1, -0.05) is 6.07 Å². The van der Waals surface area contributed by atoms with Crippen LogP contribution in [0.4, 0.5) is 5.69 Å². The minimum Gasteiger partial charge on any atom is -0.467 e. The van der Waals surface area contributed by atoms with Gasteiger partial charge in [0.05, 0.1) is 13.7 Å². The lowest BCUT2D eigenvalue weighted by Crippen LogP contribution is -2.42. The molecule has 0 saturated carbocycles. The van der Waals surface area contributed by atoms with Crippen LogP contribution in [0.2, 0.25) is 0 Å². The molecule has 0 heterocycles. The van der Waals surface area contributed by atoms with Crippen molar-refractivity contribution >= 4 is 11.7 Å². The molecule has 0 aliphatic rings. The summed E-state index contributed by atoms with van der Waals surface area (Å²) >= 11 is 0. The summed E-state index contributed by atoms with van der Waals surface area (Å²) in [5.41, 5.74) is 1.72. The summed E-state index contributed by atoms with van der Waals surface area (Å²) in [7, 11) is 1.26. The molecule has 4 nitrogen and oxygen atoms in total. The molecule has 17 heavy (non-hydrogen) atoms. The van der Waals surface area contributed by atoms with Crippen LogP contribution in [0.3, 0.4) is 0 Å². The monoisotopic (exact) mass is 237 g/mol. The van der Waals surface area contributed by atoms with E-state index in [4.69, 9.17) is 0 Å². The number of rotatable bonds is 4. The van der Waals surface area contributed by atoms with E-state index in [1.807, 2.05) is 32.0 Å². The van der Waals surface area contributed by atoms with E-state index in [1.54, 1.807) is 0 Å². The summed E-state index contributed by atoms with van der Waals surface area (Å²) in [6.07, 6.45) is 0. The van der Waals surface area contributed by atoms with E-state index in [9.17, 15) is 9.90 Å². The Hall–Kier alpha value is -1.55. The maximum atomic E-state index is 11.3. The number of aryl methyl sites for hydroxylation is 2. The number of aliphatic hydroxyl groups is 1. The molecule has 0 fully saturated rings. The fraction of sp³-hybridized carbons (Fsp3) is 0.462. The van der Waals surface area contributed by atoms with Crippen LogP contribution in [0.5, 0.6) is 0 Å². The fourth-order valence-corrected chi connectivity index (χ4v) is 1.42. The Labute approximate surface area is 102 Å². The highest BCUT2D eigenvalue weighted by molar-refractivity contribution is 5.79. The molecule has 0 aliphatic heterocycles.